The van der Waals surface area contributed by atoms with E-state index in [-0.39, 0.29) is 0 Å². The molecule has 0 saturated heterocycles. The van der Waals surface area contributed by atoms with Crippen LogP contribution in [0.25, 0.3) is 0 Å². The summed E-state index contributed by atoms with van der Waals surface area (Å²) < 4.78 is 2.57. The normalized spacial score (nSPS) is 13.8. The fourth-order valence-electron chi connectivity index (χ4n) is 3.84. The third kappa shape index (κ3) is 5.03. The third-order valence-electron chi connectivity index (χ3n) is 4.92. The minimum absolute atomic E-state index is 0.369. The number of hydrogen-bond donors (Lipinski definition) is 0. The van der Waals surface area contributed by atoms with Crippen molar-refractivity contribution < 1.29 is 0 Å². The number of rotatable bonds is 8. The van der Waals surface area contributed by atoms with E-state index in [1.54, 1.807) is 0 Å². The van der Waals surface area contributed by atoms with Crippen LogP contribution in [0.2, 0.25) is 0 Å². The van der Waals surface area contributed by atoms with Gasteiger partial charge in [0, 0.05) is 33.3 Å². The van der Waals surface area contributed by atoms with Gasteiger partial charge in [0.1, 0.15) is 0 Å². The number of nitrogens with zero attached hydrogens (tertiary/aromatic N) is 1. The summed E-state index contributed by atoms with van der Waals surface area (Å²) in [4.78, 5) is 1.30. The van der Waals surface area contributed by atoms with E-state index in [2.05, 4.69) is 117 Å². The van der Waals surface area contributed by atoms with E-state index in [1.165, 1.54) is 21.1 Å². The van der Waals surface area contributed by atoms with E-state index >= 15 is 0 Å². The first kappa shape index (κ1) is 22.3. The molecule has 4 heteroatoms. The van der Waals surface area contributed by atoms with E-state index in [9.17, 15) is 0 Å². The molecule has 0 aliphatic heterocycles. The lowest BCUT2D eigenvalue weighted by Gasteiger charge is -2.42. The van der Waals surface area contributed by atoms with Gasteiger partial charge in [-0.05, 0) is 39.3 Å². The maximum Gasteiger partial charge on any atom is 0.0725 e. The van der Waals surface area contributed by atoms with E-state index in [4.69, 9.17) is 11.8 Å². The monoisotopic (exact) mass is 439 g/mol. The fourth-order valence-corrected chi connectivity index (χ4v) is 10.8. The Morgan fingerprint density at radius 1 is 0.759 bits per heavy atom. The highest BCUT2D eigenvalue weighted by atomic mass is 32.4. The van der Waals surface area contributed by atoms with Gasteiger partial charge in [-0.2, -0.15) is 0 Å². The highest BCUT2D eigenvalue weighted by Gasteiger charge is 2.35. The number of hydrogen-bond acceptors (Lipinski definition) is 2. The minimum atomic E-state index is -2.16. The van der Waals surface area contributed by atoms with Crippen molar-refractivity contribution in [2.24, 2.45) is 0 Å². The van der Waals surface area contributed by atoms with E-state index in [0.29, 0.717) is 12.1 Å². The molecular weight excluding hydrogens is 409 g/mol. The van der Waals surface area contributed by atoms with Crippen molar-refractivity contribution in [2.45, 2.75) is 50.4 Å². The summed E-state index contributed by atoms with van der Waals surface area (Å²) in [5.41, 5.74) is 1.34. The topological polar surface area (TPSA) is 3.24 Å². The van der Waals surface area contributed by atoms with Gasteiger partial charge in [-0.15, -0.1) is 11.8 Å². The molecule has 1 nitrogen and oxygen atoms in total. The second-order valence-electron chi connectivity index (χ2n) is 7.72. The van der Waals surface area contributed by atoms with Crippen molar-refractivity contribution in [1.29, 1.82) is 0 Å². The maximum absolute atomic E-state index is 6.65. The summed E-state index contributed by atoms with van der Waals surface area (Å²) in [5.74, 6) is 0.950. The Labute approximate surface area is 185 Å². The predicted octanol–water partition coefficient (Wildman–Crippen LogP) is 6.44. The summed E-state index contributed by atoms with van der Waals surface area (Å²) in [5, 5.41) is 2.58. The molecular formula is C25H30NPS2. The van der Waals surface area contributed by atoms with E-state index in [1.807, 2.05) is 11.8 Å². The molecule has 0 amide bonds. The summed E-state index contributed by atoms with van der Waals surface area (Å²) >= 11 is 8.55. The molecule has 0 aromatic heterocycles. The van der Waals surface area contributed by atoms with Crippen LogP contribution in [0.15, 0.2) is 89.8 Å². The lowest BCUT2D eigenvalue weighted by molar-refractivity contribution is 0.326. The van der Waals surface area contributed by atoms with Gasteiger partial charge >= 0.3 is 0 Å². The Morgan fingerprint density at radius 3 is 1.86 bits per heavy atom. The van der Waals surface area contributed by atoms with Crippen LogP contribution in [-0.2, 0) is 17.6 Å². The molecule has 29 heavy (non-hydrogen) atoms. The second kappa shape index (κ2) is 10.1. The first-order chi connectivity index (χ1) is 13.9. The van der Waals surface area contributed by atoms with Gasteiger partial charge in [-0.25, -0.2) is 0 Å². The van der Waals surface area contributed by atoms with E-state index < -0.39 is 6.19 Å². The SMILES string of the molecule is CC(C)N(C(C)C)P(=S)(c1ccccc1)c1ccccc1SCc1ccccc1. The Hall–Kier alpha value is -1.38. The van der Waals surface area contributed by atoms with Gasteiger partial charge in [-0.3, -0.25) is 4.67 Å². The van der Waals surface area contributed by atoms with Gasteiger partial charge in [0.2, 0.25) is 0 Å². The zero-order valence-corrected chi connectivity index (χ0v) is 20.2. The van der Waals surface area contributed by atoms with Gasteiger partial charge in [-0.1, -0.05) is 90.7 Å². The molecule has 3 aromatic rings. The van der Waals surface area contributed by atoms with Crippen LogP contribution >= 0.6 is 18.0 Å². The highest BCUT2D eigenvalue weighted by molar-refractivity contribution is 8.21. The molecule has 3 rings (SSSR count). The van der Waals surface area contributed by atoms with Crippen LogP contribution in [0, 0.1) is 0 Å². The minimum Gasteiger partial charge on any atom is -0.263 e. The van der Waals surface area contributed by atoms with Crippen molar-refractivity contribution >= 4 is 40.4 Å². The zero-order valence-electron chi connectivity index (χ0n) is 17.7. The van der Waals surface area contributed by atoms with Crippen LogP contribution in [0.3, 0.4) is 0 Å². The highest BCUT2D eigenvalue weighted by Crippen LogP contribution is 2.52. The van der Waals surface area contributed by atoms with Gasteiger partial charge in [0.05, 0.1) is 6.19 Å². The Bertz CT molecular complexity index is 947. The quantitative estimate of drug-likeness (QED) is 0.294. The largest absolute Gasteiger partial charge is 0.263 e. The van der Waals surface area contributed by atoms with Gasteiger partial charge < -0.3 is 0 Å². The number of thioether (sulfide) groups is 1. The standard InChI is InChI=1S/C25H30NPS2/c1-20(2)26(21(3)4)27(28,23-15-9-6-10-16-23)24-17-11-12-18-25(24)29-19-22-13-7-5-8-14-22/h5-18,20-21H,19H2,1-4H3. The molecule has 0 radical (unpaired) electrons. The summed E-state index contributed by atoms with van der Waals surface area (Å²) in [6, 6.07) is 30.9. The molecule has 1 atom stereocenters. The van der Waals surface area contributed by atoms with Crippen molar-refractivity contribution in [3.63, 3.8) is 0 Å². The first-order valence-corrected chi connectivity index (χ1v) is 13.9. The summed E-state index contributed by atoms with van der Waals surface area (Å²) in [7, 11) is 0. The zero-order chi connectivity index (χ0) is 20.9. The predicted molar refractivity (Wildman–Crippen MR) is 135 cm³/mol. The maximum atomic E-state index is 6.65. The average Bonchev–Trinajstić information content (AvgIpc) is 2.73. The van der Waals surface area contributed by atoms with Crippen molar-refractivity contribution in [1.82, 2.24) is 4.67 Å². The van der Waals surface area contributed by atoms with Gasteiger partial charge in [0.25, 0.3) is 0 Å². The smallest absolute Gasteiger partial charge is 0.0725 e. The molecule has 3 aromatic carbocycles. The lowest BCUT2D eigenvalue weighted by atomic mass is 10.2. The van der Waals surface area contributed by atoms with E-state index in [0.717, 1.165) is 5.75 Å². The van der Waals surface area contributed by atoms with Crippen molar-refractivity contribution in [3.8, 4) is 0 Å². The molecule has 0 aliphatic rings. The molecule has 0 fully saturated rings. The summed E-state index contributed by atoms with van der Waals surface area (Å²) in [6.07, 6.45) is -2.16. The van der Waals surface area contributed by atoms with Crippen LogP contribution in [-0.4, -0.2) is 16.8 Å². The van der Waals surface area contributed by atoms with Crippen LogP contribution < -0.4 is 10.6 Å². The molecule has 0 bridgehead atoms. The second-order valence-corrected chi connectivity index (χ2v) is 12.9. The van der Waals surface area contributed by atoms with Crippen LogP contribution in [0.4, 0.5) is 0 Å². The molecule has 0 spiro atoms. The summed E-state index contributed by atoms with van der Waals surface area (Å²) in [6.45, 7) is 9.07. The van der Waals surface area contributed by atoms with Crippen molar-refractivity contribution in [3.05, 3.63) is 90.5 Å². The van der Waals surface area contributed by atoms with Crippen LogP contribution in [0.5, 0.6) is 0 Å². The fraction of sp³-hybridized carbons (Fsp3) is 0.280. The molecule has 0 N–H and O–H groups in total. The lowest BCUT2D eigenvalue weighted by Crippen LogP contribution is -2.41. The molecule has 0 aliphatic carbocycles. The third-order valence-corrected chi connectivity index (χ3v) is 11.6. The first-order valence-electron chi connectivity index (χ1n) is 10.2. The molecule has 0 saturated carbocycles. The van der Waals surface area contributed by atoms with Gasteiger partial charge in [0.15, 0.2) is 0 Å². The average molecular weight is 440 g/mol. The number of benzene rings is 3. The Balaban J connectivity index is 2.11. The Kier molecular flexibility index (Phi) is 7.76. The van der Waals surface area contributed by atoms with Crippen molar-refractivity contribution in [2.75, 3.05) is 0 Å². The molecule has 1 unspecified atom stereocenters. The van der Waals surface area contributed by atoms with Crippen LogP contribution in [0.1, 0.15) is 33.3 Å². The molecule has 0 heterocycles. The Morgan fingerprint density at radius 2 is 1.28 bits per heavy atom. The molecule has 152 valence electrons.